The Morgan fingerprint density at radius 2 is 1.76 bits per heavy atom. The molecular weight excluding hydrogens is 384 g/mol. The summed E-state index contributed by atoms with van der Waals surface area (Å²) in [6, 6.07) is -3.06. The molecule has 0 aliphatic heterocycles. The third-order valence-corrected chi connectivity index (χ3v) is 3.55. The molecular formula is C17H32N6O6. The molecule has 0 aromatic heterocycles. The number of alkyl carbamates (subject to hydrolysis) is 1. The van der Waals surface area contributed by atoms with Crippen LogP contribution in [0.2, 0.25) is 0 Å². The van der Waals surface area contributed by atoms with Gasteiger partial charge in [0.15, 0.2) is 5.96 Å². The summed E-state index contributed by atoms with van der Waals surface area (Å²) in [4.78, 5) is 50.9. The van der Waals surface area contributed by atoms with Gasteiger partial charge in [-0.25, -0.2) is 4.79 Å². The van der Waals surface area contributed by atoms with Gasteiger partial charge in [0, 0.05) is 6.54 Å². The lowest BCUT2D eigenvalue weighted by Gasteiger charge is -2.21. The normalized spacial score (nSPS) is 13.6. The quantitative estimate of drug-likeness (QED) is 0.0854. The molecule has 0 saturated heterocycles. The van der Waals surface area contributed by atoms with Gasteiger partial charge in [-0.1, -0.05) is 13.8 Å². The summed E-state index contributed by atoms with van der Waals surface area (Å²) in [5, 5.41) is 16.4. The molecule has 0 rings (SSSR count). The van der Waals surface area contributed by atoms with Gasteiger partial charge in [0.05, 0.1) is 19.3 Å². The van der Waals surface area contributed by atoms with E-state index in [9.17, 15) is 24.3 Å². The van der Waals surface area contributed by atoms with Crippen molar-refractivity contribution in [3.05, 3.63) is 0 Å². The summed E-state index contributed by atoms with van der Waals surface area (Å²) in [6.45, 7) is 4.87. The molecule has 29 heavy (non-hydrogen) atoms. The van der Waals surface area contributed by atoms with Crippen LogP contribution in [0.25, 0.3) is 0 Å². The summed E-state index contributed by atoms with van der Waals surface area (Å²) in [7, 11) is 0. The fourth-order valence-corrected chi connectivity index (χ4v) is 2.00. The number of ether oxygens (including phenoxy) is 1. The van der Waals surface area contributed by atoms with E-state index in [0.29, 0.717) is 25.7 Å². The largest absolute Gasteiger partial charge is 0.449 e. The summed E-state index contributed by atoms with van der Waals surface area (Å²) in [6.07, 6.45) is 0.504. The van der Waals surface area contributed by atoms with E-state index in [1.807, 2.05) is 13.8 Å². The van der Waals surface area contributed by atoms with Crippen LogP contribution in [0.4, 0.5) is 4.79 Å². The van der Waals surface area contributed by atoms with Crippen LogP contribution in [0.3, 0.4) is 0 Å². The molecule has 0 aromatic rings. The maximum absolute atomic E-state index is 12.2. The number of carbonyl (C=O) groups is 4. The highest BCUT2D eigenvalue weighted by Gasteiger charge is 2.25. The zero-order valence-electron chi connectivity index (χ0n) is 17.0. The van der Waals surface area contributed by atoms with Crippen LogP contribution < -0.4 is 27.4 Å². The standard InChI is InChI=1S/C17H32N6O6/c1-10(2)9-29-17(28)23-13(8-25)15(27)21-11(3)14(26)22-12(7-24)5-4-6-20-16(18)19/h7,10-13,25H,4-6,8-9H2,1-3H3,(H,21,27)(H,22,26)(H,23,28)(H4,18,19,20)/t11-,12?,13?/m0/s1. The third kappa shape index (κ3) is 12.2. The number of amides is 3. The molecule has 12 nitrogen and oxygen atoms in total. The van der Waals surface area contributed by atoms with Gasteiger partial charge in [0.2, 0.25) is 11.8 Å². The highest BCUT2D eigenvalue weighted by atomic mass is 16.5. The number of guanidine groups is 1. The Kier molecular flexibility index (Phi) is 12.7. The van der Waals surface area contributed by atoms with Crippen molar-refractivity contribution in [1.29, 1.82) is 0 Å². The molecule has 3 amide bonds. The Morgan fingerprint density at radius 1 is 1.10 bits per heavy atom. The maximum Gasteiger partial charge on any atom is 0.407 e. The molecule has 0 bridgehead atoms. The Hall–Kier alpha value is -2.89. The van der Waals surface area contributed by atoms with E-state index >= 15 is 0 Å². The molecule has 0 saturated carbocycles. The SMILES string of the molecule is CC(C)COC(=O)NC(CO)C(=O)N[C@@H](C)C(=O)NC(C=O)CCCN=C(N)N. The highest BCUT2D eigenvalue weighted by Crippen LogP contribution is 1.98. The van der Waals surface area contributed by atoms with E-state index in [2.05, 4.69) is 20.9 Å². The van der Waals surface area contributed by atoms with E-state index < -0.39 is 42.6 Å². The fourth-order valence-electron chi connectivity index (χ4n) is 2.00. The van der Waals surface area contributed by atoms with Crippen molar-refractivity contribution in [1.82, 2.24) is 16.0 Å². The van der Waals surface area contributed by atoms with Crippen molar-refractivity contribution in [2.45, 2.75) is 51.7 Å². The lowest BCUT2D eigenvalue weighted by Crippen LogP contribution is -2.55. The molecule has 0 spiro atoms. The molecule has 0 heterocycles. The molecule has 0 aliphatic carbocycles. The van der Waals surface area contributed by atoms with Gasteiger partial charge in [0.25, 0.3) is 0 Å². The number of nitrogens with one attached hydrogen (secondary N) is 3. The first-order valence-electron chi connectivity index (χ1n) is 9.26. The number of aliphatic hydroxyl groups is 1. The van der Waals surface area contributed by atoms with Crippen LogP contribution >= 0.6 is 0 Å². The second kappa shape index (κ2) is 14.2. The van der Waals surface area contributed by atoms with Crippen LogP contribution in [-0.4, -0.2) is 73.1 Å². The van der Waals surface area contributed by atoms with Gasteiger partial charge < -0.3 is 42.1 Å². The number of aliphatic hydroxyl groups excluding tert-OH is 1. The van der Waals surface area contributed by atoms with Gasteiger partial charge in [-0.2, -0.15) is 0 Å². The van der Waals surface area contributed by atoms with Gasteiger partial charge in [-0.15, -0.1) is 0 Å². The Labute approximate surface area is 169 Å². The average molecular weight is 416 g/mol. The summed E-state index contributed by atoms with van der Waals surface area (Å²) < 4.78 is 4.88. The Morgan fingerprint density at radius 3 is 2.28 bits per heavy atom. The number of hydrogen-bond acceptors (Lipinski definition) is 7. The first kappa shape index (κ1) is 26.1. The summed E-state index contributed by atoms with van der Waals surface area (Å²) >= 11 is 0. The second-order valence-corrected chi connectivity index (χ2v) is 6.80. The van der Waals surface area contributed by atoms with Crippen molar-refractivity contribution in [3.8, 4) is 0 Å². The van der Waals surface area contributed by atoms with Gasteiger partial charge in [-0.3, -0.25) is 14.6 Å². The molecule has 3 atom stereocenters. The monoisotopic (exact) mass is 416 g/mol. The van der Waals surface area contributed by atoms with Gasteiger partial charge >= 0.3 is 6.09 Å². The van der Waals surface area contributed by atoms with Gasteiger partial charge in [0.1, 0.15) is 18.4 Å². The smallest absolute Gasteiger partial charge is 0.407 e. The molecule has 2 unspecified atom stereocenters. The molecule has 0 radical (unpaired) electrons. The molecule has 166 valence electrons. The minimum atomic E-state index is -1.29. The first-order valence-corrected chi connectivity index (χ1v) is 9.26. The molecule has 12 heteroatoms. The number of carbonyl (C=O) groups excluding carboxylic acids is 4. The lowest BCUT2D eigenvalue weighted by atomic mass is 10.1. The fraction of sp³-hybridized carbons (Fsp3) is 0.706. The van der Waals surface area contributed by atoms with Crippen LogP contribution in [0.5, 0.6) is 0 Å². The summed E-state index contributed by atoms with van der Waals surface area (Å²) in [5.41, 5.74) is 10.4. The van der Waals surface area contributed by atoms with Gasteiger partial charge in [-0.05, 0) is 25.7 Å². The van der Waals surface area contributed by atoms with E-state index in [4.69, 9.17) is 16.2 Å². The maximum atomic E-state index is 12.2. The Balaban J connectivity index is 4.53. The minimum Gasteiger partial charge on any atom is -0.449 e. The third-order valence-electron chi connectivity index (χ3n) is 3.55. The van der Waals surface area contributed by atoms with E-state index in [1.165, 1.54) is 6.92 Å². The van der Waals surface area contributed by atoms with Crippen molar-refractivity contribution in [2.75, 3.05) is 19.8 Å². The minimum absolute atomic E-state index is 0.0619. The number of aliphatic imine (C=N–C) groups is 1. The van der Waals surface area contributed by atoms with Crippen LogP contribution in [0.1, 0.15) is 33.6 Å². The lowest BCUT2D eigenvalue weighted by molar-refractivity contribution is -0.131. The van der Waals surface area contributed by atoms with Crippen molar-refractivity contribution < 1.29 is 29.0 Å². The number of nitrogens with two attached hydrogens (primary N) is 2. The van der Waals surface area contributed by atoms with Crippen molar-refractivity contribution in [2.24, 2.45) is 22.4 Å². The van der Waals surface area contributed by atoms with Crippen LogP contribution in [0.15, 0.2) is 4.99 Å². The second-order valence-electron chi connectivity index (χ2n) is 6.80. The first-order chi connectivity index (χ1) is 13.6. The molecule has 0 fully saturated rings. The van der Waals surface area contributed by atoms with Crippen molar-refractivity contribution >= 4 is 30.2 Å². The molecule has 0 aliphatic rings. The number of hydrogen-bond donors (Lipinski definition) is 6. The predicted octanol–water partition coefficient (Wildman–Crippen LogP) is -2.03. The van der Waals surface area contributed by atoms with Crippen LogP contribution in [0, 0.1) is 5.92 Å². The zero-order valence-corrected chi connectivity index (χ0v) is 17.0. The van der Waals surface area contributed by atoms with Crippen LogP contribution in [-0.2, 0) is 19.1 Å². The number of nitrogens with zero attached hydrogens (tertiary/aromatic N) is 1. The zero-order chi connectivity index (χ0) is 22.4. The molecule has 8 N–H and O–H groups in total. The van der Waals surface area contributed by atoms with Crippen molar-refractivity contribution in [3.63, 3.8) is 0 Å². The average Bonchev–Trinajstić information content (AvgIpc) is 2.65. The highest BCUT2D eigenvalue weighted by molar-refractivity contribution is 5.91. The van der Waals surface area contributed by atoms with E-state index in [1.54, 1.807) is 0 Å². The summed E-state index contributed by atoms with van der Waals surface area (Å²) in [5.74, 6) is -1.33. The number of aldehydes is 1. The molecule has 0 aromatic carbocycles. The predicted molar refractivity (Wildman–Crippen MR) is 106 cm³/mol. The van der Waals surface area contributed by atoms with E-state index in [0.717, 1.165) is 0 Å². The topological polar surface area (TPSA) is 198 Å². The van der Waals surface area contributed by atoms with E-state index in [-0.39, 0.29) is 18.5 Å². The number of rotatable bonds is 13. The Bertz CT molecular complexity index is 579.